The summed E-state index contributed by atoms with van der Waals surface area (Å²) in [5.74, 6) is 0.272. The molecule has 0 unspecified atom stereocenters. The third-order valence-corrected chi connectivity index (χ3v) is 6.18. The van der Waals surface area contributed by atoms with E-state index in [1.165, 1.54) is 24.9 Å². The number of esters is 1. The molecule has 8 nitrogen and oxygen atoms in total. The van der Waals surface area contributed by atoms with Crippen LogP contribution in [0.2, 0.25) is 0 Å². The summed E-state index contributed by atoms with van der Waals surface area (Å²) >= 11 is 1.19. The molecule has 1 atom stereocenters. The maximum Gasteiger partial charge on any atom is 0.337 e. The zero-order valence-corrected chi connectivity index (χ0v) is 20.8. The van der Waals surface area contributed by atoms with E-state index in [0.29, 0.717) is 33.9 Å². The molecule has 3 rings (SSSR count). The Bertz CT molecular complexity index is 1260. The summed E-state index contributed by atoms with van der Waals surface area (Å²) in [5, 5.41) is 3.80. The number of benzene rings is 2. The number of carbonyl (C=O) groups excluding carboxylic acids is 2. The van der Waals surface area contributed by atoms with Gasteiger partial charge in [0.1, 0.15) is 5.75 Å². The number of nitrogens with one attached hydrogen (secondary N) is 1. The highest BCUT2D eigenvalue weighted by molar-refractivity contribution is 7.99. The second-order valence-corrected chi connectivity index (χ2v) is 9.19. The van der Waals surface area contributed by atoms with E-state index in [1.807, 2.05) is 45.0 Å². The van der Waals surface area contributed by atoms with Crippen molar-refractivity contribution in [1.29, 1.82) is 0 Å². The van der Waals surface area contributed by atoms with Gasteiger partial charge in [0.2, 0.25) is 5.91 Å². The van der Waals surface area contributed by atoms with E-state index in [-0.39, 0.29) is 29.2 Å². The van der Waals surface area contributed by atoms with Crippen LogP contribution in [0.5, 0.6) is 5.75 Å². The highest BCUT2D eigenvalue weighted by atomic mass is 32.2. The second kappa shape index (κ2) is 11.2. The van der Waals surface area contributed by atoms with Crippen LogP contribution in [0.4, 0.5) is 0 Å². The van der Waals surface area contributed by atoms with Gasteiger partial charge in [0.05, 0.1) is 42.5 Å². The van der Waals surface area contributed by atoms with Crippen LogP contribution >= 0.6 is 11.8 Å². The van der Waals surface area contributed by atoms with Crippen molar-refractivity contribution >= 4 is 34.5 Å². The fraction of sp³-hybridized carbons (Fsp3) is 0.360. The fourth-order valence-electron chi connectivity index (χ4n) is 3.60. The number of methoxy groups -OCH3 is 2. The first-order valence-corrected chi connectivity index (χ1v) is 11.9. The van der Waals surface area contributed by atoms with Crippen LogP contribution in [0.15, 0.2) is 52.4 Å². The third-order valence-electron chi connectivity index (χ3n) is 5.20. The van der Waals surface area contributed by atoms with E-state index in [0.717, 1.165) is 5.56 Å². The minimum atomic E-state index is -0.506. The van der Waals surface area contributed by atoms with Gasteiger partial charge in [-0.25, -0.2) is 9.78 Å². The summed E-state index contributed by atoms with van der Waals surface area (Å²) in [7, 11) is 2.89. The Labute approximate surface area is 202 Å². The summed E-state index contributed by atoms with van der Waals surface area (Å²) < 4.78 is 11.7. The van der Waals surface area contributed by atoms with Crippen LogP contribution in [0.25, 0.3) is 10.9 Å². The van der Waals surface area contributed by atoms with Crippen LogP contribution in [0.3, 0.4) is 0 Å². The number of hydrogen-bond acceptors (Lipinski definition) is 7. The predicted octanol–water partition coefficient (Wildman–Crippen LogP) is 3.82. The average molecular weight is 484 g/mol. The summed E-state index contributed by atoms with van der Waals surface area (Å²) in [6.07, 6.45) is 0. The number of amides is 1. The van der Waals surface area contributed by atoms with E-state index in [4.69, 9.17) is 9.47 Å². The van der Waals surface area contributed by atoms with Gasteiger partial charge in [-0.15, -0.1) is 0 Å². The van der Waals surface area contributed by atoms with Crippen molar-refractivity contribution in [2.45, 2.75) is 38.5 Å². The predicted molar refractivity (Wildman–Crippen MR) is 132 cm³/mol. The first kappa shape index (κ1) is 25.3. The molecular weight excluding hydrogens is 454 g/mol. The maximum absolute atomic E-state index is 13.2. The van der Waals surface area contributed by atoms with Gasteiger partial charge >= 0.3 is 5.97 Å². The van der Waals surface area contributed by atoms with Crippen molar-refractivity contribution in [3.63, 3.8) is 0 Å². The second-order valence-electron chi connectivity index (χ2n) is 8.25. The van der Waals surface area contributed by atoms with Crippen molar-refractivity contribution in [3.05, 3.63) is 63.9 Å². The lowest BCUT2D eigenvalue weighted by Crippen LogP contribution is -2.29. The highest BCUT2D eigenvalue weighted by Gasteiger charge is 2.18. The minimum absolute atomic E-state index is 0.0756. The van der Waals surface area contributed by atoms with Crippen LogP contribution in [0.1, 0.15) is 42.7 Å². The van der Waals surface area contributed by atoms with Crippen molar-refractivity contribution in [1.82, 2.24) is 14.9 Å². The number of aromatic nitrogens is 2. The van der Waals surface area contributed by atoms with E-state index in [9.17, 15) is 14.4 Å². The molecule has 0 aliphatic carbocycles. The van der Waals surface area contributed by atoms with Crippen LogP contribution in [0, 0.1) is 5.92 Å². The molecule has 1 amide bonds. The van der Waals surface area contributed by atoms with Crippen LogP contribution in [-0.2, 0) is 16.1 Å². The number of thioether (sulfide) groups is 1. The number of ether oxygens (including phenoxy) is 2. The van der Waals surface area contributed by atoms with Gasteiger partial charge in [-0.1, -0.05) is 43.8 Å². The average Bonchev–Trinajstić information content (AvgIpc) is 2.83. The topological polar surface area (TPSA) is 99.5 Å². The third kappa shape index (κ3) is 5.77. The smallest absolute Gasteiger partial charge is 0.337 e. The number of nitrogens with zero attached hydrogens (tertiary/aromatic N) is 2. The fourth-order valence-corrected chi connectivity index (χ4v) is 4.42. The molecule has 0 saturated heterocycles. The minimum Gasteiger partial charge on any atom is -0.496 e. The maximum atomic E-state index is 13.2. The van der Waals surface area contributed by atoms with Crippen LogP contribution in [-0.4, -0.2) is 41.4 Å². The summed E-state index contributed by atoms with van der Waals surface area (Å²) in [4.78, 5) is 42.4. The Morgan fingerprint density at radius 2 is 1.85 bits per heavy atom. The molecule has 9 heteroatoms. The van der Waals surface area contributed by atoms with Crippen molar-refractivity contribution in [2.75, 3.05) is 20.0 Å². The summed E-state index contributed by atoms with van der Waals surface area (Å²) in [5.41, 5.74) is 1.36. The first-order chi connectivity index (χ1) is 16.2. The van der Waals surface area contributed by atoms with Crippen molar-refractivity contribution < 1.29 is 19.1 Å². The molecule has 34 heavy (non-hydrogen) atoms. The standard InChI is InChI=1S/C25H29N3O5S/c1-15(2)13-28-23(30)19-11-10-17(24(31)33-5)12-20(19)27-25(28)34-14-22(29)26-16(3)18-8-6-7-9-21(18)32-4/h6-12,15-16H,13-14H2,1-5H3,(H,26,29)/t16-/m1/s1. The largest absolute Gasteiger partial charge is 0.496 e. The molecule has 0 saturated carbocycles. The number of para-hydroxylation sites is 1. The van der Waals surface area contributed by atoms with Gasteiger partial charge in [-0.05, 0) is 37.1 Å². The van der Waals surface area contributed by atoms with Gasteiger partial charge in [-0.2, -0.15) is 0 Å². The molecule has 180 valence electrons. The van der Waals surface area contributed by atoms with Crippen molar-refractivity contribution in [3.8, 4) is 5.75 Å². The summed E-state index contributed by atoms with van der Waals surface area (Å²) in [6.45, 7) is 6.36. The Morgan fingerprint density at radius 3 is 2.53 bits per heavy atom. The van der Waals surface area contributed by atoms with E-state index in [2.05, 4.69) is 10.3 Å². The first-order valence-electron chi connectivity index (χ1n) is 10.9. The van der Waals surface area contributed by atoms with Crippen molar-refractivity contribution in [2.24, 2.45) is 5.92 Å². The van der Waals surface area contributed by atoms with Crippen LogP contribution < -0.4 is 15.6 Å². The molecule has 0 aliphatic rings. The monoisotopic (exact) mass is 483 g/mol. The zero-order chi connectivity index (χ0) is 24.8. The summed E-state index contributed by atoms with van der Waals surface area (Å²) in [6, 6.07) is 11.9. The molecule has 2 aromatic carbocycles. The Balaban J connectivity index is 1.86. The Kier molecular flexibility index (Phi) is 8.33. The molecule has 3 aromatic rings. The lowest BCUT2D eigenvalue weighted by Gasteiger charge is -2.18. The zero-order valence-electron chi connectivity index (χ0n) is 20.0. The normalized spacial score (nSPS) is 11.9. The van der Waals surface area contributed by atoms with Gasteiger partial charge in [0.15, 0.2) is 5.16 Å². The SMILES string of the molecule is COC(=O)c1ccc2c(=O)n(CC(C)C)c(SCC(=O)N[C@H](C)c3ccccc3OC)nc2c1. The molecule has 0 radical (unpaired) electrons. The molecule has 1 heterocycles. The number of fused-ring (bicyclic) bond motifs is 1. The van der Waals surface area contributed by atoms with Gasteiger partial charge in [-0.3, -0.25) is 14.2 Å². The number of rotatable bonds is 9. The van der Waals surface area contributed by atoms with Gasteiger partial charge in [0, 0.05) is 12.1 Å². The molecule has 1 N–H and O–H groups in total. The number of hydrogen-bond donors (Lipinski definition) is 1. The molecule has 0 bridgehead atoms. The molecule has 0 aliphatic heterocycles. The van der Waals surface area contributed by atoms with E-state index < -0.39 is 5.97 Å². The van der Waals surface area contributed by atoms with Gasteiger partial charge in [0.25, 0.3) is 5.56 Å². The lowest BCUT2D eigenvalue weighted by atomic mass is 10.1. The molecule has 0 fully saturated rings. The Hall–Kier alpha value is -3.33. The molecule has 0 spiro atoms. The lowest BCUT2D eigenvalue weighted by molar-refractivity contribution is -0.119. The highest BCUT2D eigenvalue weighted by Crippen LogP contribution is 2.25. The number of carbonyl (C=O) groups is 2. The quantitative estimate of drug-likeness (QED) is 0.281. The molecule has 1 aromatic heterocycles. The van der Waals surface area contributed by atoms with Gasteiger partial charge < -0.3 is 14.8 Å². The molecular formula is C25H29N3O5S. The van der Waals surface area contributed by atoms with E-state index in [1.54, 1.807) is 23.8 Å². The Morgan fingerprint density at radius 1 is 1.12 bits per heavy atom. The van der Waals surface area contributed by atoms with E-state index >= 15 is 0 Å².